The van der Waals surface area contributed by atoms with Crippen LogP contribution in [-0.4, -0.2) is 82.3 Å². The van der Waals surface area contributed by atoms with Crippen molar-refractivity contribution in [2.75, 3.05) is 42.8 Å². The van der Waals surface area contributed by atoms with Crippen molar-refractivity contribution in [3.63, 3.8) is 0 Å². The van der Waals surface area contributed by atoms with Gasteiger partial charge in [0.1, 0.15) is 45.2 Å². The average Bonchev–Trinajstić information content (AvgIpc) is 3.57. The Morgan fingerprint density at radius 3 is 2.67 bits per heavy atom. The maximum atomic E-state index is 15.2. The van der Waals surface area contributed by atoms with Crippen molar-refractivity contribution >= 4 is 81.0 Å². The summed E-state index contributed by atoms with van der Waals surface area (Å²) in [6, 6.07) is 4.90. The van der Waals surface area contributed by atoms with Crippen LogP contribution in [-0.2, 0) is 26.4 Å². The number of carbonyl (C=O) groups is 1. The fourth-order valence-electron chi connectivity index (χ4n) is 5.45. The fourth-order valence-corrected chi connectivity index (χ4v) is 7.98. The van der Waals surface area contributed by atoms with E-state index < -0.39 is 32.9 Å². The molecule has 1 aliphatic rings. The highest BCUT2D eigenvalue weighted by molar-refractivity contribution is 7.90. The number of rotatable bonds is 4. The molecule has 4 aromatic heterocycles. The number of sulfone groups is 1. The Morgan fingerprint density at radius 2 is 2.00 bits per heavy atom. The highest BCUT2D eigenvalue weighted by Gasteiger charge is 2.33. The summed E-state index contributed by atoms with van der Waals surface area (Å²) in [5.74, 6) is -0.277. The number of amides is 1. The fraction of sp³-hybridized carbons (Fsp3) is 0.414. The van der Waals surface area contributed by atoms with Gasteiger partial charge in [-0.2, -0.15) is 14.6 Å². The van der Waals surface area contributed by atoms with Crippen molar-refractivity contribution in [2.45, 2.75) is 44.1 Å². The van der Waals surface area contributed by atoms with Gasteiger partial charge >= 0.3 is 6.09 Å². The lowest BCUT2D eigenvalue weighted by Gasteiger charge is -2.28. The number of nitrogens with one attached hydrogen (secondary N) is 1. The first-order valence-corrected chi connectivity index (χ1v) is 17.5. The number of anilines is 2. The Labute approximate surface area is 271 Å². The molecule has 6 rings (SSSR count). The van der Waals surface area contributed by atoms with E-state index in [0.29, 0.717) is 44.9 Å². The SMILES string of the molecule is Cn1c2nc(S(C)(=O)=O)nc(N3CCOC[C@@](C)(O)C3)c2c2snc(-c3ccc(F)c4sc(NC(=O)OC(C)(C)C)c(C#N)c34)c21. The summed E-state index contributed by atoms with van der Waals surface area (Å²) < 4.78 is 58.8. The maximum absolute atomic E-state index is 15.2. The van der Waals surface area contributed by atoms with E-state index >= 15 is 4.39 Å². The third-order valence-electron chi connectivity index (χ3n) is 7.25. The second-order valence-corrected chi connectivity index (χ2v) is 16.1. The molecule has 0 spiro atoms. The van der Waals surface area contributed by atoms with Gasteiger partial charge in [0.05, 0.1) is 45.6 Å². The summed E-state index contributed by atoms with van der Waals surface area (Å²) in [7, 11) is -2.13. The summed E-state index contributed by atoms with van der Waals surface area (Å²) in [5.41, 5.74) is -0.264. The number of nitriles is 1. The van der Waals surface area contributed by atoms with E-state index in [9.17, 15) is 23.6 Å². The van der Waals surface area contributed by atoms with Gasteiger partial charge in [-0.3, -0.25) is 5.32 Å². The van der Waals surface area contributed by atoms with Crippen LogP contribution in [0.1, 0.15) is 33.3 Å². The van der Waals surface area contributed by atoms with E-state index in [4.69, 9.17) is 13.8 Å². The molecule has 5 aromatic rings. The van der Waals surface area contributed by atoms with Crippen LogP contribution in [0.25, 0.3) is 42.6 Å². The van der Waals surface area contributed by atoms with Crippen LogP contribution < -0.4 is 10.2 Å². The summed E-state index contributed by atoms with van der Waals surface area (Å²) in [5, 5.41) is 24.2. The number of hydrogen-bond acceptors (Lipinski definition) is 13. The normalized spacial score (nSPS) is 17.8. The zero-order valence-electron chi connectivity index (χ0n) is 25.8. The van der Waals surface area contributed by atoms with E-state index in [-0.39, 0.29) is 45.6 Å². The summed E-state index contributed by atoms with van der Waals surface area (Å²) in [6.45, 7) is 7.57. The Hall–Kier alpha value is -3.95. The number of aromatic nitrogens is 4. The molecule has 1 saturated heterocycles. The Morgan fingerprint density at radius 1 is 1.26 bits per heavy atom. The molecule has 0 bridgehead atoms. The van der Waals surface area contributed by atoms with Gasteiger partial charge in [0.25, 0.3) is 5.16 Å². The molecule has 0 radical (unpaired) electrons. The minimum Gasteiger partial charge on any atom is -0.444 e. The van der Waals surface area contributed by atoms with Gasteiger partial charge in [0, 0.05) is 30.8 Å². The molecule has 0 saturated carbocycles. The van der Waals surface area contributed by atoms with Crippen molar-refractivity contribution in [3.05, 3.63) is 23.5 Å². The molecule has 1 aliphatic heterocycles. The highest BCUT2D eigenvalue weighted by Crippen LogP contribution is 2.46. The smallest absolute Gasteiger partial charge is 0.412 e. The van der Waals surface area contributed by atoms with Crippen molar-refractivity contribution in [2.24, 2.45) is 7.05 Å². The van der Waals surface area contributed by atoms with Crippen LogP contribution in [0.3, 0.4) is 0 Å². The van der Waals surface area contributed by atoms with Gasteiger partial charge in [-0.1, -0.05) is 0 Å². The number of benzene rings is 1. The van der Waals surface area contributed by atoms with Crippen LogP contribution in [0.4, 0.5) is 20.0 Å². The molecular weight excluding hydrogens is 658 g/mol. The van der Waals surface area contributed by atoms with E-state index in [1.165, 1.54) is 12.1 Å². The van der Waals surface area contributed by atoms with E-state index in [1.54, 1.807) is 44.2 Å². The lowest BCUT2D eigenvalue weighted by atomic mass is 10.0. The minimum absolute atomic E-state index is 0.0481. The molecule has 46 heavy (non-hydrogen) atoms. The number of carbonyl (C=O) groups excluding carboxylic acids is 1. The summed E-state index contributed by atoms with van der Waals surface area (Å²) in [6.07, 6.45) is 0.240. The summed E-state index contributed by atoms with van der Waals surface area (Å²) >= 11 is 2.03. The number of ether oxygens (including phenoxy) is 2. The summed E-state index contributed by atoms with van der Waals surface area (Å²) in [4.78, 5) is 23.3. The van der Waals surface area contributed by atoms with Gasteiger partial charge in [-0.15, -0.1) is 11.3 Å². The number of fused-ring (bicyclic) bond motifs is 4. The van der Waals surface area contributed by atoms with Gasteiger partial charge < -0.3 is 24.0 Å². The van der Waals surface area contributed by atoms with Crippen molar-refractivity contribution in [3.8, 4) is 17.3 Å². The zero-order valence-corrected chi connectivity index (χ0v) is 28.2. The van der Waals surface area contributed by atoms with Crippen LogP contribution in [0.2, 0.25) is 0 Å². The van der Waals surface area contributed by atoms with Crippen molar-refractivity contribution in [1.29, 1.82) is 5.26 Å². The van der Waals surface area contributed by atoms with E-state index in [0.717, 1.165) is 29.1 Å². The molecule has 17 heteroatoms. The molecule has 1 atom stereocenters. The Balaban J connectivity index is 1.60. The van der Waals surface area contributed by atoms with Gasteiger partial charge in [0.15, 0.2) is 0 Å². The van der Waals surface area contributed by atoms with E-state index in [1.807, 2.05) is 0 Å². The third kappa shape index (κ3) is 5.64. The van der Waals surface area contributed by atoms with Crippen LogP contribution in [0.15, 0.2) is 17.3 Å². The molecule has 1 aromatic carbocycles. The number of aliphatic hydroxyl groups is 1. The Bertz CT molecular complexity index is 2210. The van der Waals surface area contributed by atoms with Crippen LogP contribution >= 0.6 is 22.9 Å². The third-order valence-corrected chi connectivity index (χ3v) is 10.1. The van der Waals surface area contributed by atoms with E-state index in [2.05, 4.69) is 21.4 Å². The molecule has 242 valence electrons. The van der Waals surface area contributed by atoms with Crippen molar-refractivity contribution in [1.82, 2.24) is 18.9 Å². The Kier molecular flexibility index (Phi) is 7.72. The average molecular weight is 688 g/mol. The number of thiophene rings is 1. The first-order valence-electron chi connectivity index (χ1n) is 14.1. The van der Waals surface area contributed by atoms with Crippen molar-refractivity contribution < 1.29 is 32.2 Å². The number of halogens is 1. The predicted octanol–water partition coefficient (Wildman–Crippen LogP) is 4.81. The number of nitrogens with zero attached hydrogens (tertiary/aromatic N) is 6. The highest BCUT2D eigenvalue weighted by atomic mass is 32.2. The number of hydrogen-bond donors (Lipinski definition) is 2. The molecule has 13 nitrogen and oxygen atoms in total. The largest absolute Gasteiger partial charge is 0.444 e. The zero-order chi connectivity index (χ0) is 33.3. The molecule has 5 heterocycles. The molecule has 1 fully saturated rings. The van der Waals surface area contributed by atoms with Gasteiger partial charge in [0.2, 0.25) is 9.84 Å². The molecule has 0 unspecified atom stereocenters. The molecule has 1 amide bonds. The lowest BCUT2D eigenvalue weighted by molar-refractivity contribution is -0.0123. The monoisotopic (exact) mass is 687 g/mol. The lowest BCUT2D eigenvalue weighted by Crippen LogP contribution is -2.42. The first kappa shape index (κ1) is 32.0. The molecular formula is C29H30FN7O6S3. The number of aryl methyl sites for hydroxylation is 1. The molecule has 2 N–H and O–H groups in total. The first-order chi connectivity index (χ1) is 21.5. The second kappa shape index (κ2) is 11.1. The number of β-amino-alcohol motifs (C(OH)–C–C–N with tert-alkyl or cyclic N) is 1. The maximum Gasteiger partial charge on any atom is 0.412 e. The van der Waals surface area contributed by atoms with Crippen LogP contribution in [0.5, 0.6) is 0 Å². The predicted molar refractivity (Wildman–Crippen MR) is 174 cm³/mol. The second-order valence-electron chi connectivity index (χ2n) is 12.4. The topological polar surface area (TPSA) is 173 Å². The quantitative estimate of drug-likeness (QED) is 0.248. The standard InChI is InChI=1S/C29H30FN7O6S3/c1-28(2,3)43-27(38)34-25-15(11-31)17-14(7-8-16(30)21(17)44-25)19-20-22(45-35-19)18-23(36(20)5)32-26(46(6,40)41)33-24(18)37-9-10-42-13-29(4,39)12-37/h7-8,39H,9-10,12-13H2,1-6H3,(H,34,38)/t29-/m0/s1. The van der Waals surface area contributed by atoms with Gasteiger partial charge in [-0.05, 0) is 51.4 Å². The van der Waals surface area contributed by atoms with Gasteiger partial charge in [-0.25, -0.2) is 22.6 Å². The molecule has 0 aliphatic carbocycles. The minimum atomic E-state index is -3.84. The van der Waals surface area contributed by atoms with Crippen LogP contribution in [0, 0.1) is 17.1 Å².